The van der Waals surface area contributed by atoms with E-state index in [1.54, 1.807) is 0 Å². The second-order valence-electron chi connectivity index (χ2n) is 6.40. The third-order valence-electron chi connectivity index (χ3n) is 4.69. The zero-order valence-corrected chi connectivity index (χ0v) is 14.5. The SMILES string of the molecule is COc1ccc(F)cc1S(=O)(=O)N1CCN(CC(O)C2CC2)CC1. The van der Waals surface area contributed by atoms with E-state index < -0.39 is 15.8 Å². The van der Waals surface area contributed by atoms with Crippen molar-refractivity contribution in [2.75, 3.05) is 39.8 Å². The Balaban J connectivity index is 1.67. The number of piperazine rings is 1. The Morgan fingerprint density at radius 3 is 2.54 bits per heavy atom. The number of ether oxygens (including phenoxy) is 1. The van der Waals surface area contributed by atoms with Gasteiger partial charge in [-0.25, -0.2) is 12.8 Å². The van der Waals surface area contributed by atoms with Gasteiger partial charge in [0.25, 0.3) is 0 Å². The van der Waals surface area contributed by atoms with Crippen LogP contribution in [0.1, 0.15) is 12.8 Å². The van der Waals surface area contributed by atoms with Crippen LogP contribution in [-0.4, -0.2) is 68.7 Å². The van der Waals surface area contributed by atoms with Crippen LogP contribution in [0.25, 0.3) is 0 Å². The summed E-state index contributed by atoms with van der Waals surface area (Å²) in [5.74, 6) is -0.0631. The summed E-state index contributed by atoms with van der Waals surface area (Å²) in [6.45, 7) is 2.34. The summed E-state index contributed by atoms with van der Waals surface area (Å²) < 4.78 is 45.5. The first-order valence-corrected chi connectivity index (χ1v) is 9.60. The molecular formula is C16H23FN2O4S. The number of aliphatic hydroxyl groups is 1. The summed E-state index contributed by atoms with van der Waals surface area (Å²) in [6.07, 6.45) is 1.83. The fourth-order valence-electron chi connectivity index (χ4n) is 3.04. The van der Waals surface area contributed by atoms with Gasteiger partial charge in [-0.2, -0.15) is 4.31 Å². The number of sulfonamides is 1. The van der Waals surface area contributed by atoms with E-state index in [0.717, 1.165) is 18.9 Å². The standard InChI is InChI=1S/C16H23FN2O4S/c1-23-15-5-4-13(17)10-16(15)24(21,22)19-8-6-18(7-9-19)11-14(20)12-2-3-12/h4-5,10,12,14,20H,2-3,6-9,11H2,1H3. The molecule has 1 heterocycles. The topological polar surface area (TPSA) is 70.1 Å². The summed E-state index contributed by atoms with van der Waals surface area (Å²) in [4.78, 5) is 1.94. The highest BCUT2D eigenvalue weighted by molar-refractivity contribution is 7.89. The van der Waals surface area contributed by atoms with Gasteiger partial charge in [-0.15, -0.1) is 0 Å². The number of hydrogen-bond donors (Lipinski definition) is 1. The number of aliphatic hydroxyl groups excluding tert-OH is 1. The molecule has 0 amide bonds. The second-order valence-corrected chi connectivity index (χ2v) is 8.31. The molecular weight excluding hydrogens is 335 g/mol. The highest BCUT2D eigenvalue weighted by atomic mass is 32.2. The van der Waals surface area contributed by atoms with Gasteiger partial charge < -0.3 is 9.84 Å². The van der Waals surface area contributed by atoms with E-state index in [1.807, 2.05) is 0 Å². The van der Waals surface area contributed by atoms with Gasteiger partial charge in [0.05, 0.1) is 13.2 Å². The molecule has 0 bridgehead atoms. The lowest BCUT2D eigenvalue weighted by Gasteiger charge is -2.35. The van der Waals surface area contributed by atoms with Gasteiger partial charge in [0.15, 0.2) is 0 Å². The first-order valence-electron chi connectivity index (χ1n) is 8.16. The Hall–Kier alpha value is -1.22. The summed E-state index contributed by atoms with van der Waals surface area (Å²) >= 11 is 0. The summed E-state index contributed by atoms with van der Waals surface area (Å²) in [5.41, 5.74) is 0. The minimum atomic E-state index is -3.80. The molecule has 1 saturated carbocycles. The molecule has 8 heteroatoms. The zero-order valence-electron chi connectivity index (χ0n) is 13.7. The van der Waals surface area contributed by atoms with E-state index in [9.17, 15) is 17.9 Å². The number of benzene rings is 1. The van der Waals surface area contributed by atoms with Crippen molar-refractivity contribution in [3.63, 3.8) is 0 Å². The van der Waals surface area contributed by atoms with Crippen molar-refractivity contribution >= 4 is 10.0 Å². The molecule has 3 rings (SSSR count). The van der Waals surface area contributed by atoms with E-state index in [2.05, 4.69) is 4.90 Å². The third kappa shape index (κ3) is 3.72. The quantitative estimate of drug-likeness (QED) is 0.819. The molecule has 1 aromatic carbocycles. The maximum Gasteiger partial charge on any atom is 0.246 e. The summed E-state index contributed by atoms with van der Waals surface area (Å²) in [7, 11) is -2.44. The molecule has 134 valence electrons. The van der Waals surface area contributed by atoms with Crippen molar-refractivity contribution in [2.24, 2.45) is 5.92 Å². The lowest BCUT2D eigenvalue weighted by atomic mass is 10.2. The van der Waals surface area contributed by atoms with E-state index in [1.165, 1.54) is 23.5 Å². The van der Waals surface area contributed by atoms with E-state index in [-0.39, 0.29) is 16.7 Å². The van der Waals surface area contributed by atoms with Crippen LogP contribution in [-0.2, 0) is 10.0 Å². The first kappa shape index (κ1) is 17.6. The highest BCUT2D eigenvalue weighted by Crippen LogP contribution is 2.33. The molecule has 1 N–H and O–H groups in total. The van der Waals surface area contributed by atoms with Crippen molar-refractivity contribution in [3.8, 4) is 5.75 Å². The lowest BCUT2D eigenvalue weighted by Crippen LogP contribution is -2.50. The van der Waals surface area contributed by atoms with Gasteiger partial charge in [0, 0.05) is 32.7 Å². The van der Waals surface area contributed by atoms with Crippen LogP contribution < -0.4 is 4.74 Å². The second kappa shape index (κ2) is 6.95. The Labute approximate surface area is 141 Å². The third-order valence-corrected chi connectivity index (χ3v) is 6.61. The molecule has 24 heavy (non-hydrogen) atoms. The van der Waals surface area contributed by atoms with Crippen molar-refractivity contribution in [1.82, 2.24) is 9.21 Å². The fraction of sp³-hybridized carbons (Fsp3) is 0.625. The average Bonchev–Trinajstić information content (AvgIpc) is 3.40. The van der Waals surface area contributed by atoms with Crippen molar-refractivity contribution in [3.05, 3.63) is 24.0 Å². The van der Waals surface area contributed by atoms with E-state index in [0.29, 0.717) is 38.6 Å². The number of hydrogen-bond acceptors (Lipinski definition) is 5. The van der Waals surface area contributed by atoms with Crippen LogP contribution in [0.3, 0.4) is 0 Å². The minimum Gasteiger partial charge on any atom is -0.495 e. The Bertz CT molecular complexity index is 685. The molecule has 0 radical (unpaired) electrons. The van der Waals surface area contributed by atoms with Gasteiger partial charge in [-0.1, -0.05) is 0 Å². The van der Waals surface area contributed by atoms with Crippen molar-refractivity contribution < 1.29 is 22.7 Å². The number of halogens is 1. The van der Waals surface area contributed by atoms with Gasteiger partial charge in [0.1, 0.15) is 16.5 Å². The first-order chi connectivity index (χ1) is 11.4. The number of rotatable bonds is 6. The van der Waals surface area contributed by atoms with Crippen LogP contribution in [0.5, 0.6) is 5.75 Å². The molecule has 2 aliphatic rings. The highest BCUT2D eigenvalue weighted by Gasteiger charge is 2.34. The molecule has 1 saturated heterocycles. The number of methoxy groups -OCH3 is 1. The number of β-amino-alcohol motifs (C(OH)–C–C–N with tert-alkyl or cyclic N) is 1. The zero-order chi connectivity index (χ0) is 17.3. The predicted molar refractivity (Wildman–Crippen MR) is 86.9 cm³/mol. The minimum absolute atomic E-state index is 0.142. The van der Waals surface area contributed by atoms with Crippen LogP contribution in [0.2, 0.25) is 0 Å². The van der Waals surface area contributed by atoms with Crippen LogP contribution >= 0.6 is 0 Å². The number of nitrogens with zero attached hydrogens (tertiary/aromatic N) is 2. The van der Waals surface area contributed by atoms with E-state index in [4.69, 9.17) is 4.74 Å². The smallest absolute Gasteiger partial charge is 0.246 e. The van der Waals surface area contributed by atoms with Gasteiger partial charge in [-0.05, 0) is 37.0 Å². The lowest BCUT2D eigenvalue weighted by molar-refractivity contribution is 0.0781. The van der Waals surface area contributed by atoms with Gasteiger partial charge in [0.2, 0.25) is 10.0 Å². The maximum absolute atomic E-state index is 13.5. The molecule has 1 atom stereocenters. The Morgan fingerprint density at radius 1 is 1.29 bits per heavy atom. The maximum atomic E-state index is 13.5. The monoisotopic (exact) mass is 358 g/mol. The molecule has 6 nitrogen and oxygen atoms in total. The van der Waals surface area contributed by atoms with Gasteiger partial charge in [-0.3, -0.25) is 4.90 Å². The largest absolute Gasteiger partial charge is 0.495 e. The molecule has 1 aliphatic heterocycles. The molecule has 0 aromatic heterocycles. The van der Waals surface area contributed by atoms with Crippen molar-refractivity contribution in [2.45, 2.75) is 23.8 Å². The molecule has 1 aliphatic carbocycles. The van der Waals surface area contributed by atoms with Crippen molar-refractivity contribution in [1.29, 1.82) is 0 Å². The Kier molecular flexibility index (Phi) is 5.10. The molecule has 1 aromatic rings. The van der Waals surface area contributed by atoms with E-state index >= 15 is 0 Å². The normalized spacial score (nSPS) is 21.6. The van der Waals surface area contributed by atoms with Crippen LogP contribution in [0, 0.1) is 11.7 Å². The summed E-state index contributed by atoms with van der Waals surface area (Å²) in [5, 5.41) is 10.0. The predicted octanol–water partition coefficient (Wildman–Crippen LogP) is 0.911. The molecule has 0 spiro atoms. The van der Waals surface area contributed by atoms with Gasteiger partial charge >= 0.3 is 0 Å². The van der Waals surface area contributed by atoms with Crippen LogP contribution in [0.15, 0.2) is 23.1 Å². The Morgan fingerprint density at radius 2 is 1.96 bits per heavy atom. The van der Waals surface area contributed by atoms with Crippen LogP contribution in [0.4, 0.5) is 4.39 Å². The average molecular weight is 358 g/mol. The fourth-order valence-corrected chi connectivity index (χ4v) is 4.63. The molecule has 2 fully saturated rings. The molecule has 1 unspecified atom stereocenters. The summed E-state index contributed by atoms with van der Waals surface area (Å²) in [6, 6.07) is 3.50.